The number of nitriles is 1. The Balaban J connectivity index is 2.31. The quantitative estimate of drug-likeness (QED) is 0.741. The molecule has 0 spiro atoms. The molecule has 0 saturated carbocycles. The summed E-state index contributed by atoms with van der Waals surface area (Å²) in [6.45, 7) is 6.02. The van der Waals surface area contributed by atoms with Crippen LogP contribution in [0.3, 0.4) is 0 Å². The first kappa shape index (κ1) is 13.9. The minimum atomic E-state index is -0.342. The van der Waals surface area contributed by atoms with Crippen molar-refractivity contribution in [2.24, 2.45) is 5.73 Å². The lowest BCUT2D eigenvalue weighted by Crippen LogP contribution is -2.53. The standard InChI is InChI=1S/C12H22N4O/c1-2-4-11(14)12(17)16-9-7-15(8-10-16)6-3-5-13/h11H,2-4,6-10,14H2,1H3/t11-/m0/s1. The molecule has 1 aliphatic heterocycles. The number of amides is 1. The molecule has 0 aromatic heterocycles. The Morgan fingerprint density at radius 2 is 2.06 bits per heavy atom. The summed E-state index contributed by atoms with van der Waals surface area (Å²) < 4.78 is 0. The second kappa shape index (κ2) is 7.25. The van der Waals surface area contributed by atoms with Crippen molar-refractivity contribution in [3.8, 4) is 6.07 Å². The van der Waals surface area contributed by atoms with Crippen LogP contribution >= 0.6 is 0 Å². The molecular formula is C12H22N4O. The van der Waals surface area contributed by atoms with Gasteiger partial charge in [-0.3, -0.25) is 9.69 Å². The third-order valence-electron chi connectivity index (χ3n) is 3.14. The van der Waals surface area contributed by atoms with Crippen molar-refractivity contribution in [1.29, 1.82) is 5.26 Å². The lowest BCUT2D eigenvalue weighted by molar-refractivity contribution is -0.134. The van der Waals surface area contributed by atoms with E-state index in [1.165, 1.54) is 0 Å². The third kappa shape index (κ3) is 4.33. The highest BCUT2D eigenvalue weighted by Gasteiger charge is 2.24. The van der Waals surface area contributed by atoms with Crippen molar-refractivity contribution in [2.75, 3.05) is 32.7 Å². The molecule has 0 aliphatic carbocycles. The second-order valence-electron chi connectivity index (χ2n) is 4.47. The van der Waals surface area contributed by atoms with Gasteiger partial charge in [-0.05, 0) is 6.42 Å². The van der Waals surface area contributed by atoms with Gasteiger partial charge in [-0.2, -0.15) is 5.26 Å². The second-order valence-corrected chi connectivity index (χ2v) is 4.47. The summed E-state index contributed by atoms with van der Waals surface area (Å²) in [7, 11) is 0. The first-order valence-electron chi connectivity index (χ1n) is 6.32. The first-order chi connectivity index (χ1) is 8.19. The van der Waals surface area contributed by atoms with Crippen LogP contribution in [0.15, 0.2) is 0 Å². The zero-order valence-corrected chi connectivity index (χ0v) is 10.6. The fourth-order valence-corrected chi connectivity index (χ4v) is 2.07. The van der Waals surface area contributed by atoms with E-state index in [2.05, 4.69) is 11.0 Å². The molecule has 0 aromatic rings. The largest absolute Gasteiger partial charge is 0.339 e. The number of piperazine rings is 1. The maximum Gasteiger partial charge on any atom is 0.239 e. The van der Waals surface area contributed by atoms with Gasteiger partial charge in [-0.1, -0.05) is 13.3 Å². The Morgan fingerprint density at radius 3 is 2.59 bits per heavy atom. The van der Waals surface area contributed by atoms with Crippen LogP contribution in [0.5, 0.6) is 0 Å². The molecule has 1 aliphatic rings. The summed E-state index contributed by atoms with van der Waals surface area (Å²) in [5.74, 6) is 0.0757. The van der Waals surface area contributed by atoms with E-state index in [-0.39, 0.29) is 11.9 Å². The summed E-state index contributed by atoms with van der Waals surface area (Å²) in [6, 6.07) is 1.80. The van der Waals surface area contributed by atoms with Crippen molar-refractivity contribution < 1.29 is 4.79 Å². The van der Waals surface area contributed by atoms with Gasteiger partial charge >= 0.3 is 0 Å². The van der Waals surface area contributed by atoms with Crippen molar-refractivity contribution in [3.63, 3.8) is 0 Å². The van der Waals surface area contributed by atoms with Crippen molar-refractivity contribution in [1.82, 2.24) is 9.80 Å². The lowest BCUT2D eigenvalue weighted by Gasteiger charge is -2.35. The van der Waals surface area contributed by atoms with Crippen LogP contribution in [0, 0.1) is 11.3 Å². The Kier molecular flexibility index (Phi) is 5.95. The molecule has 1 fully saturated rings. The molecule has 5 nitrogen and oxygen atoms in total. The Hall–Kier alpha value is -1.12. The predicted octanol–water partition coefficient (Wildman–Crippen LogP) is 0.172. The summed E-state index contributed by atoms with van der Waals surface area (Å²) in [4.78, 5) is 16.0. The number of hydrogen-bond acceptors (Lipinski definition) is 4. The van der Waals surface area contributed by atoms with Gasteiger partial charge in [0.05, 0.1) is 12.1 Å². The minimum absolute atomic E-state index is 0.0757. The molecule has 0 bridgehead atoms. The van der Waals surface area contributed by atoms with Crippen LogP contribution in [0.2, 0.25) is 0 Å². The zero-order chi connectivity index (χ0) is 12.7. The van der Waals surface area contributed by atoms with Crippen LogP contribution < -0.4 is 5.73 Å². The number of carbonyl (C=O) groups is 1. The van der Waals surface area contributed by atoms with Crippen molar-refractivity contribution in [2.45, 2.75) is 32.2 Å². The van der Waals surface area contributed by atoms with Gasteiger partial charge in [0, 0.05) is 39.1 Å². The number of nitrogens with two attached hydrogens (primary N) is 1. The van der Waals surface area contributed by atoms with Gasteiger partial charge in [-0.15, -0.1) is 0 Å². The minimum Gasteiger partial charge on any atom is -0.339 e. The van der Waals surface area contributed by atoms with E-state index in [9.17, 15) is 4.79 Å². The molecule has 1 saturated heterocycles. The van der Waals surface area contributed by atoms with E-state index >= 15 is 0 Å². The Morgan fingerprint density at radius 1 is 1.41 bits per heavy atom. The van der Waals surface area contributed by atoms with Crippen LogP contribution in [-0.4, -0.2) is 54.5 Å². The average Bonchev–Trinajstić information content (AvgIpc) is 2.36. The molecule has 0 radical (unpaired) electrons. The number of nitrogens with zero attached hydrogens (tertiary/aromatic N) is 3. The van der Waals surface area contributed by atoms with E-state index < -0.39 is 0 Å². The molecule has 1 atom stereocenters. The van der Waals surface area contributed by atoms with Crippen molar-refractivity contribution in [3.05, 3.63) is 0 Å². The van der Waals surface area contributed by atoms with Gasteiger partial charge in [0.2, 0.25) is 5.91 Å². The Labute approximate surface area is 103 Å². The molecule has 96 valence electrons. The molecule has 5 heteroatoms. The van der Waals surface area contributed by atoms with Crippen LogP contribution in [0.1, 0.15) is 26.2 Å². The van der Waals surface area contributed by atoms with Gasteiger partial charge in [0.25, 0.3) is 0 Å². The normalized spacial score (nSPS) is 18.8. The highest BCUT2D eigenvalue weighted by atomic mass is 16.2. The fourth-order valence-electron chi connectivity index (χ4n) is 2.07. The molecular weight excluding hydrogens is 216 g/mol. The summed E-state index contributed by atoms with van der Waals surface area (Å²) in [6.07, 6.45) is 2.26. The molecule has 0 unspecified atom stereocenters. The molecule has 1 amide bonds. The fraction of sp³-hybridized carbons (Fsp3) is 0.833. The topological polar surface area (TPSA) is 73.4 Å². The van der Waals surface area contributed by atoms with Gasteiger partial charge in [0.1, 0.15) is 0 Å². The molecule has 0 aromatic carbocycles. The summed E-state index contributed by atoms with van der Waals surface area (Å²) in [5, 5.41) is 8.51. The predicted molar refractivity (Wildman–Crippen MR) is 66.1 cm³/mol. The lowest BCUT2D eigenvalue weighted by atomic mass is 10.1. The summed E-state index contributed by atoms with van der Waals surface area (Å²) in [5.41, 5.74) is 5.83. The molecule has 2 N–H and O–H groups in total. The maximum atomic E-state index is 11.9. The number of rotatable bonds is 5. The average molecular weight is 238 g/mol. The van der Waals surface area contributed by atoms with Gasteiger partial charge < -0.3 is 10.6 Å². The smallest absolute Gasteiger partial charge is 0.239 e. The zero-order valence-electron chi connectivity index (χ0n) is 10.6. The van der Waals surface area contributed by atoms with Crippen LogP contribution in [-0.2, 0) is 4.79 Å². The van der Waals surface area contributed by atoms with E-state index in [1.54, 1.807) is 0 Å². The monoisotopic (exact) mass is 238 g/mol. The highest BCUT2D eigenvalue weighted by molar-refractivity contribution is 5.81. The Bertz CT molecular complexity index is 279. The third-order valence-corrected chi connectivity index (χ3v) is 3.14. The van der Waals surface area contributed by atoms with Crippen molar-refractivity contribution >= 4 is 5.91 Å². The van der Waals surface area contributed by atoms with Crippen LogP contribution in [0.4, 0.5) is 0 Å². The molecule has 1 heterocycles. The molecule has 17 heavy (non-hydrogen) atoms. The number of carbonyl (C=O) groups excluding carboxylic acids is 1. The van der Waals surface area contributed by atoms with Crippen LogP contribution in [0.25, 0.3) is 0 Å². The van der Waals surface area contributed by atoms with E-state index in [0.717, 1.165) is 45.6 Å². The number of hydrogen-bond donors (Lipinski definition) is 1. The van der Waals surface area contributed by atoms with Gasteiger partial charge in [0.15, 0.2) is 0 Å². The first-order valence-corrected chi connectivity index (χ1v) is 6.32. The maximum absolute atomic E-state index is 11.9. The SMILES string of the molecule is CCC[C@H](N)C(=O)N1CCN(CCC#N)CC1. The summed E-state index contributed by atoms with van der Waals surface area (Å²) >= 11 is 0. The van der Waals surface area contributed by atoms with E-state index in [0.29, 0.717) is 6.42 Å². The van der Waals surface area contributed by atoms with Gasteiger partial charge in [-0.25, -0.2) is 0 Å². The van der Waals surface area contributed by atoms with E-state index in [1.807, 2.05) is 11.8 Å². The molecule has 1 rings (SSSR count). The highest BCUT2D eigenvalue weighted by Crippen LogP contribution is 2.06. The van der Waals surface area contributed by atoms with E-state index in [4.69, 9.17) is 11.0 Å².